The molecular weight excluding hydrogens is 438 g/mol. The van der Waals surface area contributed by atoms with E-state index in [0.717, 1.165) is 10.5 Å². The number of hydrogen-bond acceptors (Lipinski definition) is 8. The second kappa shape index (κ2) is 7.79. The third-order valence-corrected chi connectivity index (χ3v) is 5.81. The monoisotopic (exact) mass is 455 g/mol. The quantitative estimate of drug-likeness (QED) is 0.708. The molecule has 32 heavy (non-hydrogen) atoms. The second-order valence-corrected chi connectivity index (χ2v) is 7.95. The highest BCUT2D eigenvalue weighted by Gasteiger charge is 2.55. The number of carbonyl (C=O) groups is 3. The Bertz CT molecular complexity index is 1170. The number of imide groups is 1. The third-order valence-electron chi connectivity index (χ3n) is 5.40. The van der Waals surface area contributed by atoms with Crippen molar-refractivity contribution in [3.05, 3.63) is 47.0 Å². The highest BCUT2D eigenvalue weighted by Crippen LogP contribution is 2.34. The van der Waals surface area contributed by atoms with Crippen LogP contribution in [0.1, 0.15) is 5.56 Å². The molecule has 0 bridgehead atoms. The summed E-state index contributed by atoms with van der Waals surface area (Å²) in [6, 6.07) is 8.02. The van der Waals surface area contributed by atoms with Gasteiger partial charge in [0.2, 0.25) is 5.91 Å². The average Bonchev–Trinajstić information content (AvgIpc) is 3.29. The zero-order chi connectivity index (χ0) is 22.4. The Balaban J connectivity index is 1.29. The zero-order valence-electron chi connectivity index (χ0n) is 16.9. The van der Waals surface area contributed by atoms with E-state index in [1.807, 2.05) is 6.92 Å². The number of carbonyl (C=O) groups excluding carboxylic acids is 3. The molecule has 10 nitrogen and oxygen atoms in total. The van der Waals surface area contributed by atoms with E-state index < -0.39 is 29.8 Å². The van der Waals surface area contributed by atoms with Gasteiger partial charge in [-0.2, -0.15) is 5.11 Å². The Morgan fingerprint density at radius 2 is 1.91 bits per heavy atom. The smallest absolute Gasteiger partial charge is 0.263 e. The molecule has 0 spiro atoms. The minimum absolute atomic E-state index is 0.249. The highest BCUT2D eigenvalue weighted by molar-refractivity contribution is 6.32. The van der Waals surface area contributed by atoms with E-state index in [2.05, 4.69) is 15.7 Å². The van der Waals surface area contributed by atoms with Crippen molar-refractivity contribution in [3.8, 4) is 11.5 Å². The molecule has 11 heteroatoms. The summed E-state index contributed by atoms with van der Waals surface area (Å²) in [6.45, 7) is 2.48. The molecule has 0 radical (unpaired) electrons. The van der Waals surface area contributed by atoms with E-state index in [1.165, 1.54) is 5.01 Å². The summed E-state index contributed by atoms with van der Waals surface area (Å²) < 4.78 is 11.0. The van der Waals surface area contributed by atoms with Crippen LogP contribution in [0.5, 0.6) is 11.5 Å². The van der Waals surface area contributed by atoms with Crippen molar-refractivity contribution in [2.24, 2.45) is 10.3 Å². The van der Waals surface area contributed by atoms with Crippen molar-refractivity contribution in [1.82, 2.24) is 5.01 Å². The van der Waals surface area contributed by atoms with Crippen molar-refractivity contribution in [1.29, 1.82) is 0 Å². The van der Waals surface area contributed by atoms with Crippen LogP contribution in [0.15, 0.2) is 46.7 Å². The van der Waals surface area contributed by atoms with Crippen molar-refractivity contribution in [2.45, 2.75) is 19.0 Å². The number of amides is 3. The summed E-state index contributed by atoms with van der Waals surface area (Å²) in [5.74, 6) is -0.274. The van der Waals surface area contributed by atoms with Gasteiger partial charge in [0.25, 0.3) is 11.8 Å². The van der Waals surface area contributed by atoms with E-state index in [-0.39, 0.29) is 6.54 Å². The molecule has 5 rings (SSSR count). The molecule has 2 aromatic rings. The summed E-state index contributed by atoms with van der Waals surface area (Å²) in [7, 11) is 0. The number of ether oxygens (including phenoxy) is 2. The van der Waals surface area contributed by atoms with E-state index in [9.17, 15) is 14.4 Å². The van der Waals surface area contributed by atoms with Crippen LogP contribution in [0.25, 0.3) is 0 Å². The number of nitrogens with one attached hydrogen (secondary N) is 1. The number of anilines is 2. The van der Waals surface area contributed by atoms with Crippen LogP contribution in [0, 0.1) is 6.92 Å². The van der Waals surface area contributed by atoms with Crippen LogP contribution in [-0.4, -0.2) is 54.6 Å². The van der Waals surface area contributed by atoms with Crippen LogP contribution in [-0.2, 0) is 14.4 Å². The van der Waals surface area contributed by atoms with Gasteiger partial charge in [-0.15, -0.1) is 0 Å². The topological polar surface area (TPSA) is 113 Å². The van der Waals surface area contributed by atoms with Crippen LogP contribution in [0.2, 0.25) is 5.02 Å². The molecule has 1 saturated heterocycles. The van der Waals surface area contributed by atoms with Crippen LogP contribution < -0.4 is 19.7 Å². The Hall–Kier alpha value is -3.66. The number of fused-ring (bicyclic) bond motifs is 2. The first-order valence-corrected chi connectivity index (χ1v) is 10.3. The van der Waals surface area contributed by atoms with Gasteiger partial charge < -0.3 is 14.8 Å². The van der Waals surface area contributed by atoms with Crippen molar-refractivity contribution >= 4 is 40.7 Å². The molecule has 0 aromatic heterocycles. The largest absolute Gasteiger partial charge is 0.486 e. The first-order chi connectivity index (χ1) is 15.4. The van der Waals surface area contributed by atoms with Gasteiger partial charge in [-0.1, -0.05) is 22.9 Å². The van der Waals surface area contributed by atoms with Crippen LogP contribution >= 0.6 is 11.6 Å². The normalized spacial score (nSPS) is 21.2. The molecule has 2 atom stereocenters. The van der Waals surface area contributed by atoms with E-state index in [0.29, 0.717) is 41.1 Å². The summed E-state index contributed by atoms with van der Waals surface area (Å²) >= 11 is 6.16. The number of rotatable bonds is 4. The lowest BCUT2D eigenvalue weighted by molar-refractivity contribution is -0.123. The Labute approximate surface area is 187 Å². The number of aryl methyl sites for hydroxylation is 1. The van der Waals surface area contributed by atoms with Crippen molar-refractivity contribution in [2.75, 3.05) is 30.0 Å². The molecule has 3 aliphatic rings. The molecule has 3 aliphatic heterocycles. The molecule has 1 N–H and O–H groups in total. The SMILES string of the molecule is Cc1ccc(N2C(=O)[C@@H]3N=NN(CC(=O)Nc4ccc5c(c4)OCCO5)[C@H]3C2=O)cc1Cl. The lowest BCUT2D eigenvalue weighted by Gasteiger charge is -2.21. The molecular formula is C21H18ClN5O5. The van der Waals surface area contributed by atoms with Gasteiger partial charge in [0.1, 0.15) is 19.8 Å². The Morgan fingerprint density at radius 1 is 1.12 bits per heavy atom. The average molecular weight is 456 g/mol. The van der Waals surface area contributed by atoms with Crippen LogP contribution in [0.3, 0.4) is 0 Å². The van der Waals surface area contributed by atoms with Gasteiger partial charge in [0.15, 0.2) is 23.6 Å². The van der Waals surface area contributed by atoms with E-state index >= 15 is 0 Å². The first-order valence-electron chi connectivity index (χ1n) is 9.93. The van der Waals surface area contributed by atoms with E-state index in [4.69, 9.17) is 21.1 Å². The van der Waals surface area contributed by atoms with Gasteiger partial charge in [-0.25, -0.2) is 4.90 Å². The first kappa shape index (κ1) is 20.3. The fraction of sp³-hybridized carbons (Fsp3) is 0.286. The number of nitrogens with zero attached hydrogens (tertiary/aromatic N) is 4. The van der Waals surface area contributed by atoms with Gasteiger partial charge in [0, 0.05) is 16.8 Å². The summed E-state index contributed by atoms with van der Waals surface area (Å²) in [5.41, 5.74) is 1.70. The second-order valence-electron chi connectivity index (χ2n) is 7.54. The predicted octanol–water partition coefficient (Wildman–Crippen LogP) is 2.35. The third kappa shape index (κ3) is 3.42. The number of hydrogen-bond donors (Lipinski definition) is 1. The number of benzene rings is 2. The van der Waals surface area contributed by atoms with Gasteiger partial charge in [0.05, 0.1) is 5.69 Å². The standard InChI is InChI=1S/C21H18ClN5O5/c1-11-2-4-13(9-14(11)22)27-20(29)18-19(21(27)30)26(25-24-18)10-17(28)23-12-3-5-15-16(8-12)32-7-6-31-15/h2-5,8-9,18-19H,6-7,10H2,1H3,(H,23,28)/t18-,19-/m1/s1. The molecule has 164 valence electrons. The highest BCUT2D eigenvalue weighted by atomic mass is 35.5. The summed E-state index contributed by atoms with van der Waals surface area (Å²) in [4.78, 5) is 39.5. The van der Waals surface area contributed by atoms with Crippen LogP contribution in [0.4, 0.5) is 11.4 Å². The Morgan fingerprint density at radius 3 is 2.69 bits per heavy atom. The minimum Gasteiger partial charge on any atom is -0.486 e. The predicted molar refractivity (Wildman–Crippen MR) is 114 cm³/mol. The van der Waals surface area contributed by atoms with Gasteiger partial charge >= 0.3 is 0 Å². The Kier molecular flexibility index (Phi) is 4.93. The maximum absolute atomic E-state index is 13.0. The summed E-state index contributed by atoms with van der Waals surface area (Å²) in [5, 5.41) is 12.2. The van der Waals surface area contributed by atoms with E-state index in [1.54, 1.807) is 36.4 Å². The fourth-order valence-corrected chi connectivity index (χ4v) is 3.97. The lowest BCUT2D eigenvalue weighted by Crippen LogP contribution is -2.43. The molecule has 3 heterocycles. The summed E-state index contributed by atoms with van der Waals surface area (Å²) in [6.07, 6.45) is 0. The maximum atomic E-state index is 13.0. The molecule has 2 aromatic carbocycles. The zero-order valence-corrected chi connectivity index (χ0v) is 17.7. The van der Waals surface area contributed by atoms with Gasteiger partial charge in [-0.3, -0.25) is 19.4 Å². The molecule has 0 saturated carbocycles. The fourth-order valence-electron chi connectivity index (χ4n) is 3.80. The number of halogens is 1. The maximum Gasteiger partial charge on any atom is 0.263 e. The lowest BCUT2D eigenvalue weighted by atomic mass is 10.1. The molecule has 0 aliphatic carbocycles. The minimum atomic E-state index is -0.996. The van der Waals surface area contributed by atoms with Crippen molar-refractivity contribution in [3.63, 3.8) is 0 Å². The molecule has 3 amide bonds. The molecule has 0 unspecified atom stereocenters. The van der Waals surface area contributed by atoms with Gasteiger partial charge in [-0.05, 0) is 36.8 Å². The van der Waals surface area contributed by atoms with Crippen molar-refractivity contribution < 1.29 is 23.9 Å². The molecule has 1 fully saturated rings.